The van der Waals surface area contributed by atoms with E-state index in [2.05, 4.69) is 4.98 Å². The number of halogens is 3. The third-order valence-electron chi connectivity index (χ3n) is 4.38. The monoisotopic (exact) mass is 380 g/mol. The van der Waals surface area contributed by atoms with E-state index in [0.29, 0.717) is 11.5 Å². The molecule has 0 N–H and O–H groups in total. The van der Waals surface area contributed by atoms with Crippen molar-refractivity contribution in [3.8, 4) is 11.5 Å². The van der Waals surface area contributed by atoms with Crippen LogP contribution in [0.5, 0.6) is 11.5 Å². The zero-order valence-corrected chi connectivity index (χ0v) is 14.9. The van der Waals surface area contributed by atoms with Gasteiger partial charge in [-0.3, -0.25) is 9.78 Å². The van der Waals surface area contributed by atoms with E-state index in [1.807, 2.05) is 0 Å². The number of aromatic nitrogens is 1. The number of carbonyl (C=O) groups is 1. The highest BCUT2D eigenvalue weighted by Gasteiger charge is 2.35. The first-order chi connectivity index (χ1) is 12.8. The van der Waals surface area contributed by atoms with Gasteiger partial charge in [0.15, 0.2) is 0 Å². The molecule has 0 aliphatic heterocycles. The molecule has 1 aliphatic rings. The number of hydrogen-bond acceptors (Lipinski definition) is 4. The van der Waals surface area contributed by atoms with E-state index in [-0.39, 0.29) is 24.1 Å². The summed E-state index contributed by atoms with van der Waals surface area (Å²) in [5, 5.41) is 0. The number of ether oxygens (including phenoxy) is 2. The van der Waals surface area contributed by atoms with Crippen molar-refractivity contribution in [1.29, 1.82) is 0 Å². The Bertz CT molecular complexity index is 818. The first-order valence-corrected chi connectivity index (χ1v) is 8.38. The lowest BCUT2D eigenvalue weighted by molar-refractivity contribution is -0.141. The van der Waals surface area contributed by atoms with Crippen LogP contribution >= 0.6 is 0 Å². The van der Waals surface area contributed by atoms with Crippen molar-refractivity contribution in [1.82, 2.24) is 9.88 Å². The van der Waals surface area contributed by atoms with Gasteiger partial charge in [0.2, 0.25) is 0 Å². The molecule has 5 nitrogen and oxygen atoms in total. The molecule has 0 saturated heterocycles. The van der Waals surface area contributed by atoms with Gasteiger partial charge in [0, 0.05) is 17.8 Å². The second-order valence-corrected chi connectivity index (χ2v) is 6.27. The molecule has 144 valence electrons. The third kappa shape index (κ3) is 4.32. The SMILES string of the molecule is COc1ccc(OC)c(CN(C(=O)c2ccc(C(F)(F)F)nc2)C2CC2)c1. The molecule has 27 heavy (non-hydrogen) atoms. The molecule has 1 saturated carbocycles. The van der Waals surface area contributed by atoms with Gasteiger partial charge < -0.3 is 14.4 Å². The number of methoxy groups -OCH3 is 2. The molecular weight excluding hydrogens is 361 g/mol. The van der Waals surface area contributed by atoms with E-state index in [1.54, 1.807) is 30.2 Å². The molecular formula is C19H19F3N2O3. The lowest BCUT2D eigenvalue weighted by Gasteiger charge is -2.24. The number of rotatable bonds is 6. The molecule has 3 rings (SSSR count). The first kappa shape index (κ1) is 19.0. The Kier molecular flexibility index (Phi) is 5.25. The Morgan fingerprint density at radius 2 is 1.93 bits per heavy atom. The summed E-state index contributed by atoms with van der Waals surface area (Å²) in [7, 11) is 3.08. The average molecular weight is 380 g/mol. The molecule has 1 aliphatic carbocycles. The largest absolute Gasteiger partial charge is 0.497 e. The molecule has 1 aromatic carbocycles. The summed E-state index contributed by atoms with van der Waals surface area (Å²) < 4.78 is 48.6. The number of pyridine rings is 1. The molecule has 0 radical (unpaired) electrons. The Balaban J connectivity index is 1.85. The number of carbonyl (C=O) groups excluding carboxylic acids is 1. The maximum atomic E-state index is 12.9. The van der Waals surface area contributed by atoms with Crippen LogP contribution in [-0.2, 0) is 12.7 Å². The number of alkyl halides is 3. The van der Waals surface area contributed by atoms with Crippen LogP contribution in [-0.4, -0.2) is 36.1 Å². The fourth-order valence-electron chi connectivity index (χ4n) is 2.80. The van der Waals surface area contributed by atoms with Crippen molar-refractivity contribution in [3.05, 3.63) is 53.3 Å². The molecule has 1 heterocycles. The van der Waals surface area contributed by atoms with Crippen molar-refractivity contribution in [2.45, 2.75) is 31.6 Å². The Hall–Kier alpha value is -2.77. The fourth-order valence-corrected chi connectivity index (χ4v) is 2.80. The van der Waals surface area contributed by atoms with Gasteiger partial charge in [-0.2, -0.15) is 13.2 Å². The van der Waals surface area contributed by atoms with Gasteiger partial charge in [-0.15, -0.1) is 0 Å². The van der Waals surface area contributed by atoms with Gasteiger partial charge in [0.05, 0.1) is 26.3 Å². The summed E-state index contributed by atoms with van der Waals surface area (Å²) in [5.74, 6) is 0.883. The van der Waals surface area contributed by atoms with Gasteiger partial charge in [0.25, 0.3) is 5.91 Å². The van der Waals surface area contributed by atoms with Gasteiger partial charge >= 0.3 is 6.18 Å². The standard InChI is InChI=1S/C19H19F3N2O3/c1-26-15-6-7-16(27-2)13(9-15)11-24(14-4-5-14)18(25)12-3-8-17(23-10-12)19(20,21)22/h3,6-10,14H,4-5,11H2,1-2H3. The average Bonchev–Trinajstić information content (AvgIpc) is 3.49. The minimum absolute atomic E-state index is 0.0516. The highest BCUT2D eigenvalue weighted by atomic mass is 19.4. The van der Waals surface area contributed by atoms with Crippen LogP contribution in [0.1, 0.15) is 34.5 Å². The van der Waals surface area contributed by atoms with Gasteiger partial charge in [-0.05, 0) is 43.2 Å². The normalized spacial score (nSPS) is 14.0. The number of hydrogen-bond donors (Lipinski definition) is 0. The van der Waals surface area contributed by atoms with E-state index in [9.17, 15) is 18.0 Å². The Labute approximate surface area is 154 Å². The second-order valence-electron chi connectivity index (χ2n) is 6.27. The number of nitrogens with zero attached hydrogens (tertiary/aromatic N) is 2. The summed E-state index contributed by atoms with van der Waals surface area (Å²) in [6.07, 6.45) is -1.85. The molecule has 8 heteroatoms. The Morgan fingerprint density at radius 3 is 2.44 bits per heavy atom. The predicted octanol–water partition coefficient (Wildman–Crippen LogP) is 3.92. The molecule has 1 amide bonds. The number of benzene rings is 1. The summed E-state index contributed by atoms with van der Waals surface area (Å²) in [4.78, 5) is 17.9. The first-order valence-electron chi connectivity index (χ1n) is 8.38. The minimum atomic E-state index is -4.54. The minimum Gasteiger partial charge on any atom is -0.497 e. The maximum absolute atomic E-state index is 12.9. The molecule has 0 atom stereocenters. The number of amides is 1. The third-order valence-corrected chi connectivity index (χ3v) is 4.38. The van der Waals surface area contributed by atoms with Gasteiger partial charge in [0.1, 0.15) is 17.2 Å². The second kappa shape index (κ2) is 7.46. The zero-order chi connectivity index (χ0) is 19.6. The lowest BCUT2D eigenvalue weighted by atomic mass is 10.1. The van der Waals surface area contributed by atoms with Gasteiger partial charge in [-0.25, -0.2) is 0 Å². The van der Waals surface area contributed by atoms with Crippen LogP contribution in [0.3, 0.4) is 0 Å². The summed E-state index contributed by atoms with van der Waals surface area (Å²) >= 11 is 0. The molecule has 2 aromatic rings. The highest BCUT2D eigenvalue weighted by molar-refractivity contribution is 5.94. The summed E-state index contributed by atoms with van der Waals surface area (Å²) in [6.45, 7) is 0.269. The van der Waals surface area contributed by atoms with Crippen molar-refractivity contribution in [3.63, 3.8) is 0 Å². The van der Waals surface area contributed by atoms with Gasteiger partial charge in [-0.1, -0.05) is 0 Å². The smallest absolute Gasteiger partial charge is 0.433 e. The van der Waals surface area contributed by atoms with Crippen LogP contribution in [0.15, 0.2) is 36.5 Å². The van der Waals surface area contributed by atoms with E-state index in [0.717, 1.165) is 36.7 Å². The van der Waals surface area contributed by atoms with Crippen molar-refractivity contribution >= 4 is 5.91 Å². The molecule has 0 unspecified atom stereocenters. The van der Waals surface area contributed by atoms with E-state index >= 15 is 0 Å². The molecule has 1 aromatic heterocycles. The topological polar surface area (TPSA) is 51.7 Å². The van der Waals surface area contributed by atoms with Crippen LogP contribution in [0.25, 0.3) is 0 Å². The Morgan fingerprint density at radius 1 is 1.19 bits per heavy atom. The van der Waals surface area contributed by atoms with E-state index < -0.39 is 11.9 Å². The predicted molar refractivity (Wildman–Crippen MR) is 91.7 cm³/mol. The summed E-state index contributed by atoms with van der Waals surface area (Å²) in [5.41, 5.74) is -0.139. The van der Waals surface area contributed by atoms with Crippen LogP contribution < -0.4 is 9.47 Å². The van der Waals surface area contributed by atoms with Crippen LogP contribution in [0.4, 0.5) is 13.2 Å². The van der Waals surface area contributed by atoms with Crippen LogP contribution in [0.2, 0.25) is 0 Å². The van der Waals surface area contributed by atoms with E-state index in [1.165, 1.54) is 7.11 Å². The molecule has 1 fully saturated rings. The van der Waals surface area contributed by atoms with Crippen molar-refractivity contribution in [2.75, 3.05) is 14.2 Å². The summed E-state index contributed by atoms with van der Waals surface area (Å²) in [6, 6.07) is 7.33. The van der Waals surface area contributed by atoms with E-state index in [4.69, 9.17) is 9.47 Å². The lowest BCUT2D eigenvalue weighted by Crippen LogP contribution is -2.33. The van der Waals surface area contributed by atoms with Crippen molar-refractivity contribution < 1.29 is 27.4 Å². The molecule has 0 spiro atoms. The van der Waals surface area contributed by atoms with Crippen LogP contribution in [0, 0.1) is 0 Å². The highest BCUT2D eigenvalue weighted by Crippen LogP contribution is 2.33. The quantitative estimate of drug-likeness (QED) is 0.762. The fraction of sp³-hybridized carbons (Fsp3) is 0.368. The molecule has 0 bridgehead atoms. The zero-order valence-electron chi connectivity index (χ0n) is 14.9. The maximum Gasteiger partial charge on any atom is 0.433 e. The van der Waals surface area contributed by atoms with Crippen molar-refractivity contribution in [2.24, 2.45) is 0 Å².